The molecule has 0 aliphatic heterocycles. The standard InChI is InChI=1S/C14H12Br2N2S/c1-8-6-10(15)3-5-12(8)18-13-4-2-9(14(17)19)7-11(13)16/h2-7,18H,1H3,(H2,17,19). The van der Waals surface area contributed by atoms with Crippen LogP contribution >= 0.6 is 44.1 Å². The first kappa shape index (κ1) is 14.5. The average Bonchev–Trinajstić information content (AvgIpc) is 2.34. The first-order valence-electron chi connectivity index (χ1n) is 5.60. The lowest BCUT2D eigenvalue weighted by Crippen LogP contribution is -2.09. The highest BCUT2D eigenvalue weighted by Crippen LogP contribution is 2.29. The molecular weight excluding hydrogens is 388 g/mol. The van der Waals surface area contributed by atoms with Gasteiger partial charge in [-0.25, -0.2) is 0 Å². The molecule has 0 aliphatic carbocycles. The highest BCUT2D eigenvalue weighted by atomic mass is 79.9. The molecular formula is C14H12Br2N2S. The van der Waals surface area contributed by atoms with Crippen LogP contribution in [-0.4, -0.2) is 4.99 Å². The molecule has 0 spiro atoms. The third kappa shape index (κ3) is 3.55. The first-order valence-corrected chi connectivity index (χ1v) is 7.59. The third-order valence-corrected chi connectivity index (χ3v) is 4.10. The van der Waals surface area contributed by atoms with Gasteiger partial charge in [0, 0.05) is 20.2 Å². The Labute approximate surface area is 134 Å². The average molecular weight is 400 g/mol. The Morgan fingerprint density at radius 1 is 1.11 bits per heavy atom. The molecule has 0 saturated heterocycles. The Bertz CT molecular complexity index is 641. The Morgan fingerprint density at radius 2 is 1.79 bits per heavy atom. The van der Waals surface area contributed by atoms with E-state index in [0.29, 0.717) is 4.99 Å². The van der Waals surface area contributed by atoms with Crippen LogP contribution in [-0.2, 0) is 0 Å². The molecule has 0 heterocycles. The van der Waals surface area contributed by atoms with Gasteiger partial charge in [0.25, 0.3) is 0 Å². The zero-order chi connectivity index (χ0) is 14.0. The van der Waals surface area contributed by atoms with Gasteiger partial charge >= 0.3 is 0 Å². The summed E-state index contributed by atoms with van der Waals surface area (Å²) in [6, 6.07) is 11.9. The number of nitrogens with one attached hydrogen (secondary N) is 1. The van der Waals surface area contributed by atoms with Gasteiger partial charge in [-0.1, -0.05) is 28.1 Å². The zero-order valence-electron chi connectivity index (χ0n) is 10.2. The van der Waals surface area contributed by atoms with Crippen molar-refractivity contribution in [1.82, 2.24) is 0 Å². The number of hydrogen-bond donors (Lipinski definition) is 2. The number of rotatable bonds is 3. The van der Waals surface area contributed by atoms with Crippen molar-refractivity contribution in [2.24, 2.45) is 5.73 Å². The molecule has 19 heavy (non-hydrogen) atoms. The van der Waals surface area contributed by atoms with E-state index in [4.69, 9.17) is 18.0 Å². The summed E-state index contributed by atoms with van der Waals surface area (Å²) < 4.78 is 2.00. The van der Waals surface area contributed by atoms with Crippen LogP contribution in [0.4, 0.5) is 11.4 Å². The summed E-state index contributed by atoms with van der Waals surface area (Å²) in [4.78, 5) is 0.395. The van der Waals surface area contributed by atoms with Gasteiger partial charge in [-0.15, -0.1) is 0 Å². The Morgan fingerprint density at radius 3 is 2.37 bits per heavy atom. The Kier molecular flexibility index (Phi) is 4.60. The van der Waals surface area contributed by atoms with Crippen molar-refractivity contribution in [1.29, 1.82) is 0 Å². The molecule has 5 heteroatoms. The van der Waals surface area contributed by atoms with Crippen molar-refractivity contribution >= 4 is 60.4 Å². The largest absolute Gasteiger partial charge is 0.389 e. The molecule has 2 aromatic carbocycles. The summed E-state index contributed by atoms with van der Waals surface area (Å²) in [5, 5.41) is 3.38. The molecule has 0 unspecified atom stereocenters. The van der Waals surface area contributed by atoms with Crippen LogP contribution in [0, 0.1) is 6.92 Å². The van der Waals surface area contributed by atoms with E-state index in [2.05, 4.69) is 50.2 Å². The minimum Gasteiger partial charge on any atom is -0.389 e. The molecule has 0 saturated carbocycles. The molecule has 0 aromatic heterocycles. The summed E-state index contributed by atoms with van der Waals surface area (Å²) in [6.45, 7) is 2.06. The van der Waals surface area contributed by atoms with E-state index in [-0.39, 0.29) is 0 Å². The van der Waals surface area contributed by atoms with Gasteiger partial charge in [-0.2, -0.15) is 0 Å². The smallest absolute Gasteiger partial charge is 0.104 e. The second-order valence-electron chi connectivity index (χ2n) is 4.14. The molecule has 0 amide bonds. The number of hydrogen-bond acceptors (Lipinski definition) is 2. The molecule has 2 nitrogen and oxygen atoms in total. The van der Waals surface area contributed by atoms with Crippen LogP contribution in [0.5, 0.6) is 0 Å². The quantitative estimate of drug-likeness (QED) is 0.721. The maximum absolute atomic E-state index is 5.61. The maximum Gasteiger partial charge on any atom is 0.104 e. The van der Waals surface area contributed by atoms with Gasteiger partial charge < -0.3 is 11.1 Å². The van der Waals surface area contributed by atoms with Gasteiger partial charge in [-0.3, -0.25) is 0 Å². The number of thiocarbonyl (C=S) groups is 1. The second-order valence-corrected chi connectivity index (χ2v) is 6.35. The van der Waals surface area contributed by atoms with Crippen LogP contribution in [0.3, 0.4) is 0 Å². The minimum absolute atomic E-state index is 0.395. The second kappa shape index (κ2) is 6.03. The van der Waals surface area contributed by atoms with Crippen LogP contribution in [0.25, 0.3) is 0 Å². The summed E-state index contributed by atoms with van der Waals surface area (Å²) in [5.41, 5.74) is 9.66. The highest BCUT2D eigenvalue weighted by molar-refractivity contribution is 9.10. The highest BCUT2D eigenvalue weighted by Gasteiger charge is 2.05. The van der Waals surface area contributed by atoms with Gasteiger partial charge in [-0.05, 0) is 64.8 Å². The van der Waals surface area contributed by atoms with E-state index in [1.165, 1.54) is 5.56 Å². The summed E-state index contributed by atoms with van der Waals surface area (Å²) in [5.74, 6) is 0. The Hall–Kier alpha value is -0.910. The fourth-order valence-corrected chi connectivity index (χ4v) is 2.76. The predicted molar refractivity (Wildman–Crippen MR) is 92.2 cm³/mol. The van der Waals surface area contributed by atoms with Crippen molar-refractivity contribution in [2.75, 3.05) is 5.32 Å². The molecule has 0 aliphatic rings. The molecule has 0 radical (unpaired) electrons. The van der Waals surface area contributed by atoms with Crippen molar-refractivity contribution in [2.45, 2.75) is 6.92 Å². The molecule has 2 aromatic rings. The lowest BCUT2D eigenvalue weighted by molar-refractivity contribution is 1.41. The normalized spacial score (nSPS) is 10.3. The van der Waals surface area contributed by atoms with Crippen molar-refractivity contribution in [3.8, 4) is 0 Å². The third-order valence-electron chi connectivity index (χ3n) is 2.71. The number of nitrogens with two attached hydrogens (primary N) is 1. The molecule has 2 rings (SSSR count). The fourth-order valence-electron chi connectivity index (χ4n) is 1.68. The van der Waals surface area contributed by atoms with Crippen molar-refractivity contribution in [3.63, 3.8) is 0 Å². The van der Waals surface area contributed by atoms with E-state index in [0.717, 1.165) is 25.9 Å². The van der Waals surface area contributed by atoms with E-state index < -0.39 is 0 Å². The number of anilines is 2. The molecule has 0 fully saturated rings. The number of aryl methyl sites for hydroxylation is 1. The number of halogens is 2. The fraction of sp³-hybridized carbons (Fsp3) is 0.0714. The van der Waals surface area contributed by atoms with E-state index in [1.54, 1.807) is 0 Å². The summed E-state index contributed by atoms with van der Waals surface area (Å²) in [6.07, 6.45) is 0. The first-order chi connectivity index (χ1) is 8.97. The SMILES string of the molecule is Cc1cc(Br)ccc1Nc1ccc(C(N)=S)cc1Br. The maximum atomic E-state index is 5.61. The molecule has 3 N–H and O–H groups in total. The summed E-state index contributed by atoms with van der Waals surface area (Å²) >= 11 is 11.9. The monoisotopic (exact) mass is 398 g/mol. The van der Waals surface area contributed by atoms with Crippen LogP contribution < -0.4 is 11.1 Å². The predicted octanol–water partition coefficient (Wildman–Crippen LogP) is 4.90. The lowest BCUT2D eigenvalue weighted by atomic mass is 10.1. The number of benzene rings is 2. The lowest BCUT2D eigenvalue weighted by Gasteiger charge is -2.12. The molecule has 98 valence electrons. The van der Waals surface area contributed by atoms with Crippen LogP contribution in [0.1, 0.15) is 11.1 Å². The van der Waals surface area contributed by atoms with E-state index in [9.17, 15) is 0 Å². The van der Waals surface area contributed by atoms with Gasteiger partial charge in [0.1, 0.15) is 4.99 Å². The van der Waals surface area contributed by atoms with E-state index >= 15 is 0 Å². The minimum atomic E-state index is 0.395. The van der Waals surface area contributed by atoms with Crippen molar-refractivity contribution in [3.05, 3.63) is 56.5 Å². The van der Waals surface area contributed by atoms with Gasteiger partial charge in [0.2, 0.25) is 0 Å². The van der Waals surface area contributed by atoms with Gasteiger partial charge in [0.15, 0.2) is 0 Å². The van der Waals surface area contributed by atoms with Crippen LogP contribution in [0.2, 0.25) is 0 Å². The summed E-state index contributed by atoms with van der Waals surface area (Å²) in [7, 11) is 0. The molecule has 0 bridgehead atoms. The van der Waals surface area contributed by atoms with Gasteiger partial charge in [0.05, 0.1) is 5.69 Å². The van der Waals surface area contributed by atoms with Crippen molar-refractivity contribution < 1.29 is 0 Å². The zero-order valence-corrected chi connectivity index (χ0v) is 14.2. The van der Waals surface area contributed by atoms with Crippen LogP contribution in [0.15, 0.2) is 45.3 Å². The topological polar surface area (TPSA) is 38.0 Å². The Balaban J connectivity index is 2.31. The molecule has 0 atom stereocenters. The van der Waals surface area contributed by atoms with E-state index in [1.807, 2.05) is 30.3 Å².